The summed E-state index contributed by atoms with van der Waals surface area (Å²) in [4.78, 5) is 16.0. The Morgan fingerprint density at radius 3 is 1.59 bits per heavy atom. The summed E-state index contributed by atoms with van der Waals surface area (Å²) in [5.74, 6) is 1.65. The SMILES string of the molecule is c1ccc2cc3c(cc2c1)c1ccccc1n3-c1ccc(-c2nc(-c3ccc4c(c3)oc3ccccc34)nc(-c3ccc4c(c3)oc3ccccc34)n2)c(-c2ccc3c(c2)sc2ccccc23)c1. The average Bonchev–Trinajstić information content (AvgIpc) is 4.16. The van der Waals surface area contributed by atoms with Crippen LogP contribution >= 0.6 is 11.3 Å². The molecule has 0 N–H and O–H groups in total. The lowest BCUT2D eigenvalue weighted by Crippen LogP contribution is -2.02. The molecule has 0 saturated heterocycles. The fourth-order valence-corrected chi connectivity index (χ4v) is 11.6. The Hall–Kier alpha value is -8.91. The summed E-state index contributed by atoms with van der Waals surface area (Å²) in [5, 5.41) is 11.6. The van der Waals surface area contributed by atoms with Crippen LogP contribution in [0.3, 0.4) is 0 Å². The van der Waals surface area contributed by atoms with Gasteiger partial charge in [0.15, 0.2) is 17.5 Å². The van der Waals surface area contributed by atoms with Crippen molar-refractivity contribution >= 4 is 108 Å². The number of furan rings is 2. The van der Waals surface area contributed by atoms with Crippen molar-refractivity contribution < 1.29 is 8.83 Å². The molecule has 5 heterocycles. The molecule has 0 bridgehead atoms. The number of nitrogens with zero attached hydrogens (tertiary/aromatic N) is 4. The molecule has 15 aromatic rings. The number of hydrogen-bond donors (Lipinski definition) is 0. The molecule has 0 amide bonds. The minimum Gasteiger partial charge on any atom is -0.456 e. The predicted molar refractivity (Wildman–Crippen MR) is 281 cm³/mol. The third-order valence-electron chi connectivity index (χ3n) is 13.6. The van der Waals surface area contributed by atoms with E-state index in [1.807, 2.05) is 59.9 Å². The molecule has 0 spiro atoms. The highest BCUT2D eigenvalue weighted by atomic mass is 32.1. The maximum absolute atomic E-state index is 6.40. The van der Waals surface area contributed by atoms with Gasteiger partial charge in [0.1, 0.15) is 22.3 Å². The van der Waals surface area contributed by atoms with E-state index in [-0.39, 0.29) is 0 Å². The second-order valence-electron chi connectivity index (χ2n) is 17.5. The zero-order valence-electron chi connectivity index (χ0n) is 36.1. The number of hydrogen-bond acceptors (Lipinski definition) is 6. The van der Waals surface area contributed by atoms with Gasteiger partial charge in [-0.3, -0.25) is 0 Å². The summed E-state index contributed by atoms with van der Waals surface area (Å²) in [7, 11) is 0. The van der Waals surface area contributed by atoms with Gasteiger partial charge in [-0.1, -0.05) is 121 Å². The quantitative estimate of drug-likeness (QED) is 0.172. The molecule has 6 nitrogen and oxygen atoms in total. The van der Waals surface area contributed by atoms with Crippen LogP contribution in [0.4, 0.5) is 0 Å². The van der Waals surface area contributed by atoms with E-state index in [1.54, 1.807) is 0 Å². The number of para-hydroxylation sites is 3. The monoisotopic (exact) mass is 886 g/mol. The number of fused-ring (bicyclic) bond motifs is 13. The van der Waals surface area contributed by atoms with E-state index >= 15 is 0 Å². The molecule has 68 heavy (non-hydrogen) atoms. The van der Waals surface area contributed by atoms with Crippen LogP contribution in [0.15, 0.2) is 215 Å². The third kappa shape index (κ3) is 5.66. The van der Waals surface area contributed by atoms with Crippen LogP contribution in [0.2, 0.25) is 0 Å². The van der Waals surface area contributed by atoms with Gasteiger partial charge in [0.05, 0.1) is 11.0 Å². The van der Waals surface area contributed by atoms with E-state index in [0.717, 1.165) is 88.4 Å². The molecule has 0 aliphatic carbocycles. The Morgan fingerprint density at radius 1 is 0.324 bits per heavy atom. The Balaban J connectivity index is 0.991. The maximum atomic E-state index is 6.40. The fraction of sp³-hybridized carbons (Fsp3) is 0. The standard InChI is InChI=1S/C61H34N4O2S/c1-2-12-36-30-52-50(29-35(36)11-1)41-13-3-7-17-51(41)65(52)40-24-28-48(49(34-40)37-21-27-47-46-16-6-10-20-57(46)68-58(47)33-37)61-63-59(38-22-25-44-42-14-4-8-18-53(42)66-55(44)31-38)62-60(64-61)39-23-26-45-43-15-5-9-19-54(43)67-56(45)32-39/h1-34H. The van der Waals surface area contributed by atoms with Gasteiger partial charge in [-0.2, -0.15) is 0 Å². The first-order valence-electron chi connectivity index (χ1n) is 22.7. The zero-order valence-corrected chi connectivity index (χ0v) is 37.0. The van der Waals surface area contributed by atoms with Gasteiger partial charge in [-0.15, -0.1) is 11.3 Å². The Morgan fingerprint density at radius 2 is 0.868 bits per heavy atom. The van der Waals surface area contributed by atoms with Crippen molar-refractivity contribution in [1.82, 2.24) is 19.5 Å². The van der Waals surface area contributed by atoms with E-state index in [2.05, 4.69) is 162 Å². The molecular weight excluding hydrogens is 853 g/mol. The summed E-state index contributed by atoms with van der Waals surface area (Å²) < 4.78 is 17.7. The van der Waals surface area contributed by atoms with E-state index in [4.69, 9.17) is 23.8 Å². The largest absolute Gasteiger partial charge is 0.456 e. The highest BCUT2D eigenvalue weighted by molar-refractivity contribution is 7.25. The third-order valence-corrected chi connectivity index (χ3v) is 14.8. The van der Waals surface area contributed by atoms with Crippen LogP contribution in [-0.2, 0) is 0 Å². The Labute approximate surface area is 391 Å². The van der Waals surface area contributed by atoms with Crippen LogP contribution in [0.1, 0.15) is 0 Å². The highest BCUT2D eigenvalue weighted by Gasteiger charge is 2.21. The second-order valence-corrected chi connectivity index (χ2v) is 18.6. The van der Waals surface area contributed by atoms with E-state index in [0.29, 0.717) is 17.5 Å². The van der Waals surface area contributed by atoms with Gasteiger partial charge >= 0.3 is 0 Å². The van der Waals surface area contributed by atoms with Crippen molar-refractivity contribution in [3.8, 4) is 51.0 Å². The van der Waals surface area contributed by atoms with Crippen molar-refractivity contribution in [2.75, 3.05) is 0 Å². The molecule has 7 heteroatoms. The lowest BCUT2D eigenvalue weighted by molar-refractivity contribution is 0.668. The van der Waals surface area contributed by atoms with Crippen LogP contribution < -0.4 is 0 Å². The fourth-order valence-electron chi connectivity index (χ4n) is 10.4. The van der Waals surface area contributed by atoms with Gasteiger partial charge in [0, 0.05) is 74.9 Å². The van der Waals surface area contributed by atoms with Gasteiger partial charge < -0.3 is 13.4 Å². The first-order chi connectivity index (χ1) is 33.6. The van der Waals surface area contributed by atoms with E-state index in [1.165, 1.54) is 41.7 Å². The first-order valence-corrected chi connectivity index (χ1v) is 23.5. The normalized spacial score (nSPS) is 12.1. The van der Waals surface area contributed by atoms with Gasteiger partial charge in [-0.05, 0) is 107 Å². The Kier molecular flexibility index (Phi) is 7.85. The highest BCUT2D eigenvalue weighted by Crippen LogP contribution is 2.43. The molecule has 0 radical (unpaired) electrons. The van der Waals surface area contributed by atoms with Gasteiger partial charge in [-0.25, -0.2) is 15.0 Å². The summed E-state index contributed by atoms with van der Waals surface area (Å²) in [6, 6.07) is 72.9. The smallest absolute Gasteiger partial charge is 0.164 e. The first kappa shape index (κ1) is 37.3. The lowest BCUT2D eigenvalue weighted by atomic mass is 9.97. The molecule has 10 aromatic carbocycles. The summed E-state index contributed by atoms with van der Waals surface area (Å²) in [6.45, 7) is 0. The Bertz CT molecular complexity index is 4460. The van der Waals surface area contributed by atoms with Gasteiger partial charge in [0.25, 0.3) is 0 Å². The minimum absolute atomic E-state index is 0.543. The molecule has 0 saturated carbocycles. The number of rotatable bonds is 5. The van der Waals surface area contributed by atoms with Crippen molar-refractivity contribution in [2.24, 2.45) is 0 Å². The van der Waals surface area contributed by atoms with Crippen LogP contribution in [-0.4, -0.2) is 19.5 Å². The average molecular weight is 887 g/mol. The van der Waals surface area contributed by atoms with Crippen LogP contribution in [0, 0.1) is 0 Å². The molecule has 0 fully saturated rings. The summed E-state index contributed by atoms with van der Waals surface area (Å²) in [5.41, 5.74) is 11.2. The van der Waals surface area contributed by atoms with Crippen LogP contribution in [0.25, 0.3) is 148 Å². The maximum Gasteiger partial charge on any atom is 0.164 e. The summed E-state index contributed by atoms with van der Waals surface area (Å²) in [6.07, 6.45) is 0. The molecule has 0 aliphatic rings. The predicted octanol–water partition coefficient (Wildman–Crippen LogP) is 17.0. The molecule has 0 atom stereocenters. The van der Waals surface area contributed by atoms with Crippen molar-refractivity contribution in [2.45, 2.75) is 0 Å². The topological polar surface area (TPSA) is 69.9 Å². The molecule has 0 aliphatic heterocycles. The molecule has 316 valence electrons. The van der Waals surface area contributed by atoms with Crippen molar-refractivity contribution in [3.63, 3.8) is 0 Å². The van der Waals surface area contributed by atoms with Crippen molar-refractivity contribution in [3.05, 3.63) is 206 Å². The van der Waals surface area contributed by atoms with E-state index < -0.39 is 0 Å². The molecule has 15 rings (SSSR count). The molecule has 5 aromatic heterocycles. The van der Waals surface area contributed by atoms with Crippen LogP contribution in [0.5, 0.6) is 0 Å². The zero-order chi connectivity index (χ0) is 44.5. The second kappa shape index (κ2) is 14.3. The number of aromatic nitrogens is 4. The lowest BCUT2D eigenvalue weighted by Gasteiger charge is -2.16. The molecular formula is C61H34N4O2S. The summed E-state index contributed by atoms with van der Waals surface area (Å²) >= 11 is 1.82. The number of thiophene rings is 1. The number of benzene rings is 10. The van der Waals surface area contributed by atoms with Crippen molar-refractivity contribution in [1.29, 1.82) is 0 Å². The minimum atomic E-state index is 0.543. The van der Waals surface area contributed by atoms with E-state index in [9.17, 15) is 0 Å². The van der Waals surface area contributed by atoms with Gasteiger partial charge in [0.2, 0.25) is 0 Å². The molecule has 0 unspecified atom stereocenters.